The van der Waals surface area contributed by atoms with Crippen LogP contribution < -0.4 is 0 Å². The number of aliphatic hydroxyl groups is 8. The second-order valence-electron chi connectivity index (χ2n) is 8.11. The molecule has 2 fully saturated rings. The lowest BCUT2D eigenvalue weighted by atomic mass is 9.90. The minimum absolute atomic E-state index is 0.674. The standard InChI is InChI=1S/C18H30O15/c1-7(2)16(28)32-31-10(22)3-17(15(27)13(25)11(23)8(4-19)29-17)33-18(6-21)14(26)12(24)9(5-20)30-18/h7-9,11-15,19-21,23-27H,3-6H2,1-2H3/t8-,9-,11-,12-,13+,14+,15-,17+,18?/m1/s1. The highest BCUT2D eigenvalue weighted by Gasteiger charge is 2.64. The van der Waals surface area contributed by atoms with Gasteiger partial charge in [-0.1, -0.05) is 13.8 Å². The van der Waals surface area contributed by atoms with Crippen LogP contribution in [0.5, 0.6) is 0 Å². The van der Waals surface area contributed by atoms with Crippen molar-refractivity contribution >= 4 is 11.9 Å². The Kier molecular flexibility index (Phi) is 9.11. The van der Waals surface area contributed by atoms with Gasteiger partial charge in [0, 0.05) is 0 Å². The predicted molar refractivity (Wildman–Crippen MR) is 99.2 cm³/mol. The molecule has 2 saturated heterocycles. The lowest BCUT2D eigenvalue weighted by Gasteiger charge is -2.50. The van der Waals surface area contributed by atoms with Crippen LogP contribution in [0.15, 0.2) is 0 Å². The summed E-state index contributed by atoms with van der Waals surface area (Å²) in [6.07, 6.45) is -14.4. The molecule has 15 nitrogen and oxygen atoms in total. The number of carbonyl (C=O) groups is 2. The number of hydrogen-bond donors (Lipinski definition) is 8. The van der Waals surface area contributed by atoms with E-state index < -0.39 is 98.4 Å². The molecule has 192 valence electrons. The van der Waals surface area contributed by atoms with Gasteiger partial charge in [0.1, 0.15) is 55.8 Å². The van der Waals surface area contributed by atoms with Gasteiger partial charge in [-0.3, -0.25) is 0 Å². The van der Waals surface area contributed by atoms with Gasteiger partial charge >= 0.3 is 11.9 Å². The fourth-order valence-electron chi connectivity index (χ4n) is 3.43. The summed E-state index contributed by atoms with van der Waals surface area (Å²) in [6.45, 7) is -0.0755. The molecule has 15 heteroatoms. The van der Waals surface area contributed by atoms with Crippen molar-refractivity contribution in [1.29, 1.82) is 0 Å². The minimum atomic E-state index is -2.78. The van der Waals surface area contributed by atoms with Crippen molar-refractivity contribution in [3.8, 4) is 0 Å². The molecule has 0 aromatic carbocycles. The number of rotatable bonds is 8. The van der Waals surface area contributed by atoms with Crippen LogP contribution in [0, 0.1) is 5.92 Å². The maximum atomic E-state index is 12.4. The number of aliphatic hydroxyl groups excluding tert-OH is 8. The molecule has 0 bridgehead atoms. The van der Waals surface area contributed by atoms with Gasteiger partial charge in [-0.15, -0.1) is 0 Å². The van der Waals surface area contributed by atoms with E-state index in [2.05, 4.69) is 9.78 Å². The van der Waals surface area contributed by atoms with Gasteiger partial charge in [0.15, 0.2) is 0 Å². The van der Waals surface area contributed by atoms with Gasteiger partial charge in [0.05, 0.1) is 19.1 Å². The SMILES string of the molecule is CC(C)C(=O)OOC(=O)C[C@@]1(OC2(CO)O[C@H](CO)[C@@H](O)[C@@H]2O)O[C@H](CO)[C@@H](O)[C@H](O)[C@H]1O. The summed E-state index contributed by atoms with van der Waals surface area (Å²) in [4.78, 5) is 32.6. The van der Waals surface area contributed by atoms with Gasteiger partial charge in [-0.25, -0.2) is 19.4 Å². The molecular formula is C18H30O15. The van der Waals surface area contributed by atoms with Crippen LogP contribution in [0.25, 0.3) is 0 Å². The Labute approximate surface area is 187 Å². The second-order valence-corrected chi connectivity index (χ2v) is 8.11. The third kappa shape index (κ3) is 5.44. The highest BCUT2D eigenvalue weighted by Crippen LogP contribution is 2.42. The van der Waals surface area contributed by atoms with Crippen LogP contribution in [0.1, 0.15) is 20.3 Å². The zero-order valence-corrected chi connectivity index (χ0v) is 17.9. The summed E-state index contributed by atoms with van der Waals surface area (Å²) >= 11 is 0. The van der Waals surface area contributed by atoms with Crippen LogP contribution in [0.2, 0.25) is 0 Å². The fraction of sp³-hybridized carbons (Fsp3) is 0.889. The average molecular weight is 486 g/mol. The molecule has 2 rings (SSSR count). The van der Waals surface area contributed by atoms with Crippen LogP contribution in [-0.4, -0.2) is 127 Å². The van der Waals surface area contributed by atoms with Crippen LogP contribution in [0.3, 0.4) is 0 Å². The Morgan fingerprint density at radius 1 is 0.818 bits per heavy atom. The van der Waals surface area contributed by atoms with E-state index in [9.17, 15) is 50.4 Å². The van der Waals surface area contributed by atoms with Crippen molar-refractivity contribution in [3.05, 3.63) is 0 Å². The Balaban J connectivity index is 2.40. The van der Waals surface area contributed by atoms with Crippen molar-refractivity contribution in [1.82, 2.24) is 0 Å². The maximum absolute atomic E-state index is 12.4. The van der Waals surface area contributed by atoms with Crippen LogP contribution in [-0.2, 0) is 33.6 Å². The van der Waals surface area contributed by atoms with Crippen molar-refractivity contribution in [2.24, 2.45) is 5.92 Å². The molecule has 2 aliphatic rings. The fourth-order valence-corrected chi connectivity index (χ4v) is 3.43. The molecule has 0 aromatic rings. The summed E-state index contributed by atoms with van der Waals surface area (Å²) in [5, 5.41) is 80.1. The molecular weight excluding hydrogens is 456 g/mol. The van der Waals surface area contributed by atoms with Gasteiger partial charge in [-0.2, -0.15) is 0 Å². The molecule has 0 spiro atoms. The molecule has 0 radical (unpaired) electrons. The molecule has 2 heterocycles. The van der Waals surface area contributed by atoms with E-state index in [1.54, 1.807) is 0 Å². The quantitative estimate of drug-likeness (QED) is 0.118. The van der Waals surface area contributed by atoms with Gasteiger partial charge < -0.3 is 55.1 Å². The van der Waals surface area contributed by atoms with E-state index in [-0.39, 0.29) is 0 Å². The Bertz CT molecular complexity index is 686. The maximum Gasteiger partial charge on any atom is 0.361 e. The second kappa shape index (κ2) is 10.8. The Morgan fingerprint density at radius 2 is 1.33 bits per heavy atom. The first-order valence-corrected chi connectivity index (χ1v) is 10.1. The minimum Gasteiger partial charge on any atom is -0.394 e. The summed E-state index contributed by atoms with van der Waals surface area (Å²) in [7, 11) is 0. The van der Waals surface area contributed by atoms with Crippen LogP contribution >= 0.6 is 0 Å². The molecule has 0 aliphatic carbocycles. The smallest absolute Gasteiger partial charge is 0.361 e. The summed E-state index contributed by atoms with van der Waals surface area (Å²) in [5.41, 5.74) is 0. The molecule has 33 heavy (non-hydrogen) atoms. The molecule has 2 aliphatic heterocycles. The van der Waals surface area contributed by atoms with Gasteiger partial charge in [-0.05, 0) is 0 Å². The lowest BCUT2D eigenvalue weighted by molar-refractivity contribution is -0.434. The van der Waals surface area contributed by atoms with Crippen LogP contribution in [0.4, 0.5) is 0 Å². The highest BCUT2D eigenvalue weighted by atomic mass is 17.2. The lowest BCUT2D eigenvalue weighted by Crippen LogP contribution is -2.70. The van der Waals surface area contributed by atoms with Crippen molar-refractivity contribution in [2.75, 3.05) is 19.8 Å². The van der Waals surface area contributed by atoms with Crippen molar-refractivity contribution in [2.45, 2.75) is 74.6 Å². The largest absolute Gasteiger partial charge is 0.394 e. The van der Waals surface area contributed by atoms with Gasteiger partial charge in [0.2, 0.25) is 11.6 Å². The molecule has 8 N–H and O–H groups in total. The number of carbonyl (C=O) groups excluding carboxylic acids is 2. The molecule has 0 saturated carbocycles. The van der Waals surface area contributed by atoms with E-state index in [1.165, 1.54) is 13.8 Å². The highest BCUT2D eigenvalue weighted by molar-refractivity contribution is 5.74. The van der Waals surface area contributed by atoms with Crippen molar-refractivity contribution in [3.63, 3.8) is 0 Å². The third-order valence-corrected chi connectivity index (χ3v) is 5.37. The third-order valence-electron chi connectivity index (χ3n) is 5.37. The summed E-state index contributed by atoms with van der Waals surface area (Å²) in [6, 6.07) is 0. The van der Waals surface area contributed by atoms with E-state index >= 15 is 0 Å². The van der Waals surface area contributed by atoms with Crippen molar-refractivity contribution < 1.29 is 74.4 Å². The number of ether oxygens (including phenoxy) is 3. The topological polar surface area (TPSA) is 242 Å². The molecule has 1 unspecified atom stereocenters. The Hall–Kier alpha value is -1.50. The zero-order valence-electron chi connectivity index (χ0n) is 17.9. The van der Waals surface area contributed by atoms with Gasteiger partial charge in [0.25, 0.3) is 0 Å². The average Bonchev–Trinajstić information content (AvgIpc) is 3.03. The summed E-state index contributed by atoms with van der Waals surface area (Å²) in [5.74, 6) is -8.39. The molecule has 9 atom stereocenters. The first kappa shape index (κ1) is 27.7. The first-order chi connectivity index (χ1) is 15.4. The zero-order chi connectivity index (χ0) is 25.1. The van der Waals surface area contributed by atoms with E-state index in [4.69, 9.17) is 14.2 Å². The normalized spacial score (nSPS) is 41.2. The summed E-state index contributed by atoms with van der Waals surface area (Å²) < 4.78 is 16.1. The molecule has 0 amide bonds. The Morgan fingerprint density at radius 3 is 1.82 bits per heavy atom. The van der Waals surface area contributed by atoms with E-state index in [0.29, 0.717) is 0 Å². The van der Waals surface area contributed by atoms with E-state index in [0.717, 1.165) is 0 Å². The first-order valence-electron chi connectivity index (χ1n) is 10.1. The predicted octanol–water partition coefficient (Wildman–Crippen LogP) is -4.98. The molecule has 0 aromatic heterocycles. The van der Waals surface area contributed by atoms with E-state index in [1.807, 2.05) is 0 Å². The number of hydrogen-bond acceptors (Lipinski definition) is 15. The monoisotopic (exact) mass is 486 g/mol.